The van der Waals surface area contributed by atoms with Crippen LogP contribution in [0.2, 0.25) is 5.02 Å². The first kappa shape index (κ1) is 36.6. The average molecular weight is 755 g/mol. The van der Waals surface area contributed by atoms with Crippen LogP contribution in [0.1, 0.15) is 36.6 Å². The molecule has 1 aliphatic rings. The highest BCUT2D eigenvalue weighted by Crippen LogP contribution is 2.46. The molecule has 3 aromatic heterocycles. The topological polar surface area (TPSA) is 148 Å². The van der Waals surface area contributed by atoms with E-state index < -0.39 is 17.9 Å². The van der Waals surface area contributed by atoms with Gasteiger partial charge < -0.3 is 33.2 Å². The molecule has 2 unspecified atom stereocenters. The Balaban J connectivity index is 1.20. The van der Waals surface area contributed by atoms with Crippen molar-refractivity contribution in [2.75, 3.05) is 19.8 Å². The van der Waals surface area contributed by atoms with E-state index in [1.54, 1.807) is 50.4 Å². The van der Waals surface area contributed by atoms with E-state index in [-0.39, 0.29) is 54.1 Å². The van der Waals surface area contributed by atoms with Gasteiger partial charge in [-0.05, 0) is 85.8 Å². The van der Waals surface area contributed by atoms with Crippen LogP contribution in [0.4, 0.5) is 4.39 Å². The third-order valence-corrected chi connectivity index (χ3v) is 9.34. The van der Waals surface area contributed by atoms with Crippen LogP contribution in [0.5, 0.6) is 23.4 Å². The maximum Gasteiger partial charge on any atom is 0.347 e. The number of hydrogen-bond acceptors (Lipinski definition) is 12. The van der Waals surface area contributed by atoms with Crippen molar-refractivity contribution in [2.24, 2.45) is 0 Å². The number of rotatable bonds is 14. The average Bonchev–Trinajstić information content (AvgIpc) is 3.85. The second-order valence-corrected chi connectivity index (χ2v) is 12.9. The molecule has 12 nitrogen and oxygen atoms in total. The molecule has 1 N–H and O–H groups in total. The number of ether oxygens (including phenoxy) is 5. The van der Waals surface area contributed by atoms with Crippen LogP contribution in [0.25, 0.3) is 33.6 Å². The number of aromatic hydroxyl groups is 1. The number of halogens is 2. The highest BCUT2D eigenvalue weighted by atomic mass is 35.5. The Kier molecular flexibility index (Phi) is 11.2. The predicted molar refractivity (Wildman–Crippen MR) is 196 cm³/mol. The fourth-order valence-corrected chi connectivity index (χ4v) is 6.34. The third-order valence-electron chi connectivity index (χ3n) is 8.87. The molecule has 0 radical (unpaired) electrons. The largest absolute Gasteiger partial charge is 0.506 e. The van der Waals surface area contributed by atoms with E-state index in [4.69, 9.17) is 39.7 Å². The molecule has 14 heteroatoms. The Bertz CT molecular complexity index is 2260. The Morgan fingerprint density at radius 2 is 1.89 bits per heavy atom. The maximum absolute atomic E-state index is 14.0. The fraction of sp³-hybridized carbons (Fsp3) is 0.275. The maximum atomic E-state index is 14.0. The molecule has 0 saturated carbocycles. The van der Waals surface area contributed by atoms with Crippen molar-refractivity contribution in [3.8, 4) is 45.8 Å². The number of aromatic nitrogens is 4. The molecule has 1 saturated heterocycles. The lowest BCUT2D eigenvalue weighted by Gasteiger charge is -2.19. The molecule has 7 rings (SSSR count). The zero-order valence-electron chi connectivity index (χ0n) is 29.5. The molecule has 2 atom stereocenters. The highest BCUT2D eigenvalue weighted by molar-refractivity contribution is 6.33. The van der Waals surface area contributed by atoms with Crippen molar-refractivity contribution in [3.05, 3.63) is 107 Å². The van der Waals surface area contributed by atoms with E-state index >= 15 is 0 Å². The van der Waals surface area contributed by atoms with Gasteiger partial charge in [0.15, 0.2) is 0 Å². The summed E-state index contributed by atoms with van der Waals surface area (Å²) in [4.78, 5) is 31.0. The summed E-state index contributed by atoms with van der Waals surface area (Å²) >= 11 is 6.50. The number of para-hydroxylation sites is 1. The first-order valence-electron chi connectivity index (χ1n) is 17.4. The number of carbonyl (C=O) groups excluding carboxylic acids is 1. The van der Waals surface area contributed by atoms with E-state index in [2.05, 4.69) is 19.9 Å². The summed E-state index contributed by atoms with van der Waals surface area (Å²) in [6.07, 6.45) is 3.69. The minimum absolute atomic E-state index is 0.0285. The first-order chi connectivity index (χ1) is 26.3. The van der Waals surface area contributed by atoms with Gasteiger partial charge in [0.1, 0.15) is 48.0 Å². The number of carbonyl (C=O) groups is 1. The van der Waals surface area contributed by atoms with Crippen molar-refractivity contribution >= 4 is 28.7 Å². The number of furan rings is 1. The number of esters is 1. The van der Waals surface area contributed by atoms with Crippen molar-refractivity contribution < 1.29 is 42.4 Å². The lowest BCUT2D eigenvalue weighted by molar-refractivity contribution is -0.151. The lowest BCUT2D eigenvalue weighted by atomic mass is 9.95. The molecule has 0 spiro atoms. The zero-order valence-corrected chi connectivity index (χ0v) is 30.2. The van der Waals surface area contributed by atoms with E-state index in [1.807, 2.05) is 18.2 Å². The summed E-state index contributed by atoms with van der Waals surface area (Å²) in [6, 6.07) is 18.1. The lowest BCUT2D eigenvalue weighted by Crippen LogP contribution is -2.32. The molecular weight excluding hydrogens is 719 g/mol. The first-order valence-corrected chi connectivity index (χ1v) is 17.8. The number of phenols is 1. The fourth-order valence-electron chi connectivity index (χ4n) is 6.18. The number of nitrogens with zero attached hydrogens (tertiary/aromatic N) is 4. The van der Waals surface area contributed by atoms with Crippen molar-refractivity contribution in [1.29, 1.82) is 0 Å². The molecule has 54 heavy (non-hydrogen) atoms. The van der Waals surface area contributed by atoms with Gasteiger partial charge in [-0.2, -0.15) is 4.98 Å². The summed E-state index contributed by atoms with van der Waals surface area (Å²) in [6.45, 7) is 4.76. The Labute approximate surface area is 314 Å². The zero-order chi connectivity index (χ0) is 37.6. The summed E-state index contributed by atoms with van der Waals surface area (Å²) < 4.78 is 49.8. The second kappa shape index (κ2) is 16.5. The van der Waals surface area contributed by atoms with Gasteiger partial charge in [0.05, 0.1) is 23.4 Å². The molecular formula is C40H36ClFN4O8. The van der Waals surface area contributed by atoms with E-state index in [0.717, 1.165) is 19.4 Å². The summed E-state index contributed by atoms with van der Waals surface area (Å²) in [5, 5.41) is 10.8. The van der Waals surface area contributed by atoms with Crippen LogP contribution < -0.4 is 14.2 Å². The summed E-state index contributed by atoms with van der Waals surface area (Å²) in [7, 11) is 0. The quantitative estimate of drug-likeness (QED) is 0.108. The van der Waals surface area contributed by atoms with Gasteiger partial charge in [0.2, 0.25) is 17.7 Å². The van der Waals surface area contributed by atoms with Gasteiger partial charge >= 0.3 is 12.0 Å². The number of phenolic OH excluding ortho intramolecular Hbond substituents is 1. The molecule has 3 aromatic carbocycles. The molecule has 0 amide bonds. The SMILES string of the molecule is CCOC(=O)C(Cc1ccccc1OCc1ccnc(OCC2CCCO2)n1)Oc1ncnc2oc(-c3ccc(F)cc3)c(-c3ccc(O)c(Cl)c3C)c12. The monoisotopic (exact) mass is 754 g/mol. The molecule has 0 bridgehead atoms. The third kappa shape index (κ3) is 8.07. The number of hydrogen-bond donors (Lipinski definition) is 1. The van der Waals surface area contributed by atoms with E-state index in [9.17, 15) is 14.3 Å². The van der Waals surface area contributed by atoms with Gasteiger partial charge in [-0.15, -0.1) is 0 Å². The Morgan fingerprint density at radius 3 is 2.69 bits per heavy atom. The van der Waals surface area contributed by atoms with Crippen LogP contribution in [-0.4, -0.2) is 63.0 Å². The van der Waals surface area contributed by atoms with Gasteiger partial charge in [-0.1, -0.05) is 35.9 Å². The van der Waals surface area contributed by atoms with Crippen molar-refractivity contribution in [2.45, 2.75) is 51.9 Å². The van der Waals surface area contributed by atoms with Crippen LogP contribution >= 0.6 is 11.6 Å². The standard InChI is InChI=1S/C40H36ClFN4O8/c1-3-49-39(48)32(19-25-7-4-5-9-31(25)51-20-27-16-17-43-40(46-27)52-21-28-8-6-18-50-28)53-37-34-33(29-14-15-30(47)35(41)23(29)2)36(54-38(34)45-22-44-37)24-10-12-26(42)13-11-24/h4-5,7,9-17,22,28,32,47H,3,6,8,18-21H2,1-2H3. The number of benzene rings is 3. The van der Waals surface area contributed by atoms with Gasteiger partial charge in [-0.3, -0.25) is 0 Å². The number of fused-ring (bicyclic) bond motifs is 1. The van der Waals surface area contributed by atoms with E-state index in [0.29, 0.717) is 57.0 Å². The summed E-state index contributed by atoms with van der Waals surface area (Å²) in [5.74, 6) is -0.295. The molecule has 278 valence electrons. The smallest absolute Gasteiger partial charge is 0.347 e. The van der Waals surface area contributed by atoms with Crippen LogP contribution in [0.15, 0.2) is 83.7 Å². The van der Waals surface area contributed by atoms with Crippen LogP contribution in [0, 0.1) is 12.7 Å². The molecule has 4 heterocycles. The Hall–Kier alpha value is -5.79. The van der Waals surface area contributed by atoms with Crippen LogP contribution in [0.3, 0.4) is 0 Å². The minimum atomic E-state index is -1.19. The molecule has 0 aliphatic carbocycles. The minimum Gasteiger partial charge on any atom is -0.506 e. The van der Waals surface area contributed by atoms with Crippen LogP contribution in [-0.2, 0) is 27.3 Å². The normalized spacial score (nSPS) is 14.6. The van der Waals surface area contributed by atoms with Gasteiger partial charge in [0, 0.05) is 30.4 Å². The van der Waals surface area contributed by atoms with Gasteiger partial charge in [0.25, 0.3) is 0 Å². The molecule has 1 aliphatic heterocycles. The predicted octanol–water partition coefficient (Wildman–Crippen LogP) is 7.84. The van der Waals surface area contributed by atoms with Crippen molar-refractivity contribution in [1.82, 2.24) is 19.9 Å². The second-order valence-electron chi connectivity index (χ2n) is 12.5. The van der Waals surface area contributed by atoms with Crippen molar-refractivity contribution in [3.63, 3.8) is 0 Å². The highest BCUT2D eigenvalue weighted by Gasteiger charge is 2.30. The van der Waals surface area contributed by atoms with Gasteiger partial charge in [-0.25, -0.2) is 24.1 Å². The van der Waals surface area contributed by atoms with E-state index in [1.165, 1.54) is 24.5 Å². The molecule has 1 fully saturated rings. The Morgan fingerprint density at radius 1 is 1.06 bits per heavy atom. The molecule has 6 aromatic rings. The summed E-state index contributed by atoms with van der Waals surface area (Å²) in [5.41, 5.74) is 3.53.